The molecule has 3 nitrogen and oxygen atoms in total. The van der Waals surface area contributed by atoms with Crippen molar-refractivity contribution in [3.8, 4) is 0 Å². The van der Waals surface area contributed by atoms with Crippen molar-refractivity contribution in [2.45, 2.75) is 12.8 Å². The van der Waals surface area contributed by atoms with E-state index < -0.39 is 0 Å². The molecule has 0 spiro atoms. The minimum Gasteiger partial charge on any atom is -0.497 e. The molecule has 0 amide bonds. The molecule has 4 heteroatoms. The van der Waals surface area contributed by atoms with Crippen molar-refractivity contribution < 1.29 is 14.2 Å². The SMILES string of the molecule is COCCOC1=C(OC)CCC=C1Br. The number of hydrogen-bond donors (Lipinski definition) is 0. The normalized spacial score (nSPS) is 16.6. The molecule has 0 N–H and O–H groups in total. The molecule has 0 aromatic rings. The van der Waals surface area contributed by atoms with E-state index in [9.17, 15) is 0 Å². The monoisotopic (exact) mass is 262 g/mol. The zero-order chi connectivity index (χ0) is 10.4. The summed E-state index contributed by atoms with van der Waals surface area (Å²) in [5, 5.41) is 0. The summed E-state index contributed by atoms with van der Waals surface area (Å²) in [6.07, 6.45) is 3.97. The highest BCUT2D eigenvalue weighted by Gasteiger charge is 2.16. The highest BCUT2D eigenvalue weighted by molar-refractivity contribution is 9.11. The van der Waals surface area contributed by atoms with E-state index in [1.807, 2.05) is 0 Å². The predicted octanol–water partition coefficient (Wildman–Crippen LogP) is 2.58. The van der Waals surface area contributed by atoms with Crippen LogP contribution in [0.4, 0.5) is 0 Å². The molecule has 0 bridgehead atoms. The first kappa shape index (κ1) is 11.6. The lowest BCUT2D eigenvalue weighted by atomic mass is 10.1. The Bertz CT molecular complexity index is 246. The number of rotatable bonds is 5. The van der Waals surface area contributed by atoms with Crippen LogP contribution in [0.3, 0.4) is 0 Å². The van der Waals surface area contributed by atoms with Crippen molar-refractivity contribution in [1.29, 1.82) is 0 Å². The van der Waals surface area contributed by atoms with Crippen molar-refractivity contribution in [3.05, 3.63) is 22.1 Å². The van der Waals surface area contributed by atoms with Gasteiger partial charge in [-0.15, -0.1) is 0 Å². The summed E-state index contributed by atoms with van der Waals surface area (Å²) in [7, 11) is 3.32. The maximum absolute atomic E-state index is 5.55. The second-order valence-electron chi connectivity index (χ2n) is 2.89. The van der Waals surface area contributed by atoms with Gasteiger partial charge < -0.3 is 14.2 Å². The second-order valence-corrected chi connectivity index (χ2v) is 3.74. The Kier molecular flexibility index (Phi) is 5.04. The third-order valence-corrected chi connectivity index (χ3v) is 2.63. The van der Waals surface area contributed by atoms with Crippen LogP contribution < -0.4 is 0 Å². The smallest absolute Gasteiger partial charge is 0.170 e. The largest absolute Gasteiger partial charge is 0.497 e. The average Bonchev–Trinajstić information content (AvgIpc) is 2.20. The van der Waals surface area contributed by atoms with Crippen molar-refractivity contribution in [2.75, 3.05) is 27.4 Å². The first-order valence-electron chi connectivity index (χ1n) is 4.54. The lowest BCUT2D eigenvalue weighted by Crippen LogP contribution is -2.07. The summed E-state index contributed by atoms with van der Waals surface area (Å²) in [5.41, 5.74) is 0. The van der Waals surface area contributed by atoms with Crippen LogP contribution in [0.2, 0.25) is 0 Å². The van der Waals surface area contributed by atoms with Crippen molar-refractivity contribution in [2.24, 2.45) is 0 Å². The van der Waals surface area contributed by atoms with E-state index in [-0.39, 0.29) is 0 Å². The van der Waals surface area contributed by atoms with E-state index in [0.29, 0.717) is 13.2 Å². The number of methoxy groups -OCH3 is 2. The molecule has 0 heterocycles. The van der Waals surface area contributed by atoms with Crippen LogP contribution in [0, 0.1) is 0 Å². The zero-order valence-electron chi connectivity index (χ0n) is 8.51. The minimum atomic E-state index is 0.543. The third-order valence-electron chi connectivity index (χ3n) is 1.95. The van der Waals surface area contributed by atoms with Gasteiger partial charge in [0.15, 0.2) is 5.76 Å². The fraction of sp³-hybridized carbons (Fsp3) is 0.600. The van der Waals surface area contributed by atoms with Crippen LogP contribution in [-0.2, 0) is 14.2 Å². The molecular formula is C10H15BrO3. The maximum atomic E-state index is 5.55. The molecule has 0 saturated heterocycles. The van der Waals surface area contributed by atoms with Gasteiger partial charge >= 0.3 is 0 Å². The van der Waals surface area contributed by atoms with Crippen LogP contribution in [0.5, 0.6) is 0 Å². The molecule has 14 heavy (non-hydrogen) atoms. The van der Waals surface area contributed by atoms with Crippen LogP contribution in [0.25, 0.3) is 0 Å². The fourth-order valence-corrected chi connectivity index (χ4v) is 1.81. The van der Waals surface area contributed by atoms with Crippen LogP contribution in [0.15, 0.2) is 22.1 Å². The Hall–Kier alpha value is -0.480. The predicted molar refractivity (Wildman–Crippen MR) is 58.1 cm³/mol. The molecule has 0 radical (unpaired) electrons. The zero-order valence-corrected chi connectivity index (χ0v) is 10.1. The number of hydrogen-bond acceptors (Lipinski definition) is 3. The van der Waals surface area contributed by atoms with E-state index in [1.165, 1.54) is 0 Å². The highest BCUT2D eigenvalue weighted by atomic mass is 79.9. The van der Waals surface area contributed by atoms with Crippen LogP contribution in [0.1, 0.15) is 12.8 Å². The van der Waals surface area contributed by atoms with E-state index in [4.69, 9.17) is 14.2 Å². The standard InChI is InChI=1S/C10H15BrO3/c1-12-6-7-14-10-8(11)4-3-5-9(10)13-2/h4H,3,5-7H2,1-2H3. The Morgan fingerprint density at radius 3 is 2.79 bits per heavy atom. The topological polar surface area (TPSA) is 27.7 Å². The maximum Gasteiger partial charge on any atom is 0.170 e. The summed E-state index contributed by atoms with van der Waals surface area (Å²) in [6.45, 7) is 1.13. The van der Waals surface area contributed by atoms with E-state index in [1.54, 1.807) is 14.2 Å². The molecule has 80 valence electrons. The summed E-state index contributed by atoms with van der Waals surface area (Å²) < 4.78 is 16.7. The van der Waals surface area contributed by atoms with Gasteiger partial charge in [0.1, 0.15) is 12.4 Å². The van der Waals surface area contributed by atoms with Crippen molar-refractivity contribution in [3.63, 3.8) is 0 Å². The number of halogens is 1. The van der Waals surface area contributed by atoms with Crippen LogP contribution >= 0.6 is 15.9 Å². The van der Waals surface area contributed by atoms with Gasteiger partial charge in [-0.25, -0.2) is 0 Å². The first-order chi connectivity index (χ1) is 6.79. The number of allylic oxidation sites excluding steroid dienone is 3. The van der Waals surface area contributed by atoms with Gasteiger partial charge in [-0.1, -0.05) is 6.08 Å². The Morgan fingerprint density at radius 2 is 2.14 bits per heavy atom. The van der Waals surface area contributed by atoms with Crippen molar-refractivity contribution >= 4 is 15.9 Å². The second kappa shape index (κ2) is 6.09. The van der Waals surface area contributed by atoms with E-state index >= 15 is 0 Å². The first-order valence-corrected chi connectivity index (χ1v) is 5.33. The fourth-order valence-electron chi connectivity index (χ4n) is 1.24. The van der Waals surface area contributed by atoms with Gasteiger partial charge in [-0.2, -0.15) is 0 Å². The lowest BCUT2D eigenvalue weighted by Gasteiger charge is -2.18. The van der Waals surface area contributed by atoms with Gasteiger partial charge in [0.05, 0.1) is 18.2 Å². The molecule has 0 atom stereocenters. The Labute approximate surface area is 92.8 Å². The molecular weight excluding hydrogens is 248 g/mol. The average molecular weight is 263 g/mol. The third kappa shape index (κ3) is 3.03. The van der Waals surface area contributed by atoms with Gasteiger partial charge in [-0.05, 0) is 22.4 Å². The van der Waals surface area contributed by atoms with Crippen molar-refractivity contribution in [1.82, 2.24) is 0 Å². The molecule has 0 aromatic heterocycles. The summed E-state index contributed by atoms with van der Waals surface area (Å²) in [4.78, 5) is 0. The van der Waals surface area contributed by atoms with Crippen LogP contribution in [-0.4, -0.2) is 27.4 Å². The molecule has 0 saturated carbocycles. The summed E-state index contributed by atoms with van der Waals surface area (Å²) in [6, 6.07) is 0. The van der Waals surface area contributed by atoms with E-state index in [0.717, 1.165) is 28.8 Å². The highest BCUT2D eigenvalue weighted by Crippen LogP contribution is 2.30. The van der Waals surface area contributed by atoms with Gasteiger partial charge in [-0.3, -0.25) is 0 Å². The molecule has 1 aliphatic rings. The molecule has 0 unspecified atom stereocenters. The Morgan fingerprint density at radius 1 is 1.36 bits per heavy atom. The summed E-state index contributed by atoms with van der Waals surface area (Å²) in [5.74, 6) is 1.70. The lowest BCUT2D eigenvalue weighted by molar-refractivity contribution is 0.103. The molecule has 1 aliphatic carbocycles. The Balaban J connectivity index is 2.59. The van der Waals surface area contributed by atoms with Gasteiger partial charge in [0.2, 0.25) is 0 Å². The molecule has 0 aliphatic heterocycles. The van der Waals surface area contributed by atoms with E-state index in [2.05, 4.69) is 22.0 Å². The van der Waals surface area contributed by atoms with Gasteiger partial charge in [0.25, 0.3) is 0 Å². The number of ether oxygens (including phenoxy) is 3. The minimum absolute atomic E-state index is 0.543. The summed E-state index contributed by atoms with van der Waals surface area (Å²) >= 11 is 3.45. The molecule has 0 aromatic carbocycles. The molecule has 0 fully saturated rings. The quantitative estimate of drug-likeness (QED) is 0.713. The van der Waals surface area contributed by atoms with Gasteiger partial charge in [0, 0.05) is 13.5 Å². The molecule has 1 rings (SSSR count).